The monoisotopic (exact) mass is 373 g/mol. The van der Waals surface area contributed by atoms with Gasteiger partial charge in [0.1, 0.15) is 0 Å². The highest BCUT2D eigenvalue weighted by Gasteiger charge is 2.27. The quantitative estimate of drug-likeness (QED) is 0.732. The third kappa shape index (κ3) is 4.00. The Hall–Kier alpha value is -2.74. The van der Waals surface area contributed by atoms with Crippen molar-refractivity contribution < 1.29 is 19.1 Å². The minimum absolute atomic E-state index is 0.0419. The molecule has 0 saturated carbocycles. The minimum Gasteiger partial charge on any atom is -0.448 e. The van der Waals surface area contributed by atoms with Crippen LogP contribution in [0.2, 0.25) is 0 Å². The molecule has 0 radical (unpaired) electrons. The molecule has 1 amide bonds. The number of ether oxygens (including phenoxy) is 2. The van der Waals surface area contributed by atoms with Crippen LogP contribution in [-0.4, -0.2) is 59.0 Å². The van der Waals surface area contributed by atoms with E-state index in [9.17, 15) is 14.4 Å². The molecule has 0 spiro atoms. The number of carbonyl (C=O) groups excluding carboxylic acids is 2. The molecule has 8 heteroatoms. The lowest BCUT2D eigenvalue weighted by molar-refractivity contribution is -0.143. The zero-order chi connectivity index (χ0) is 19.4. The summed E-state index contributed by atoms with van der Waals surface area (Å²) in [5, 5.41) is 5.02. The van der Waals surface area contributed by atoms with Gasteiger partial charge in [-0.05, 0) is 19.4 Å². The van der Waals surface area contributed by atoms with Gasteiger partial charge in [0, 0.05) is 25.0 Å². The van der Waals surface area contributed by atoms with Crippen molar-refractivity contribution in [2.75, 3.05) is 26.3 Å². The molecule has 2 heterocycles. The van der Waals surface area contributed by atoms with Crippen LogP contribution < -0.4 is 5.56 Å². The molecule has 3 rings (SSSR count). The van der Waals surface area contributed by atoms with Gasteiger partial charge in [-0.25, -0.2) is 9.48 Å². The van der Waals surface area contributed by atoms with Gasteiger partial charge in [-0.3, -0.25) is 9.59 Å². The minimum atomic E-state index is -0.942. The standard InChI is InChI=1S/C19H23N3O5/c1-3-8-22-18(24)15-7-5-4-6-14(15)16(20-22)19(25)27-13(2)17(23)21-9-11-26-12-10-21/h4-7,13H,3,8-12H2,1-2H3. The van der Waals surface area contributed by atoms with Crippen LogP contribution >= 0.6 is 0 Å². The van der Waals surface area contributed by atoms with Crippen molar-refractivity contribution in [3.63, 3.8) is 0 Å². The summed E-state index contributed by atoms with van der Waals surface area (Å²) in [5.74, 6) is -0.983. The summed E-state index contributed by atoms with van der Waals surface area (Å²) in [4.78, 5) is 39.3. The van der Waals surface area contributed by atoms with E-state index < -0.39 is 12.1 Å². The second-order valence-corrected chi connectivity index (χ2v) is 6.41. The lowest BCUT2D eigenvalue weighted by Crippen LogP contribution is -2.46. The first kappa shape index (κ1) is 19.0. The van der Waals surface area contributed by atoms with E-state index in [1.54, 1.807) is 36.1 Å². The molecule has 1 aromatic heterocycles. The molecule has 1 unspecified atom stereocenters. The fourth-order valence-corrected chi connectivity index (χ4v) is 3.06. The number of esters is 1. The number of nitrogens with zero attached hydrogens (tertiary/aromatic N) is 3. The number of hydrogen-bond acceptors (Lipinski definition) is 6. The maximum atomic E-state index is 12.7. The SMILES string of the molecule is CCCn1nc(C(=O)OC(C)C(=O)N2CCOCC2)c2ccccc2c1=O. The van der Waals surface area contributed by atoms with E-state index in [0.717, 1.165) is 0 Å². The molecule has 1 aromatic carbocycles. The Bertz CT molecular complexity index is 902. The van der Waals surface area contributed by atoms with Gasteiger partial charge in [0.25, 0.3) is 11.5 Å². The molecule has 1 aliphatic heterocycles. The fraction of sp³-hybridized carbons (Fsp3) is 0.474. The molecule has 8 nitrogen and oxygen atoms in total. The van der Waals surface area contributed by atoms with Gasteiger partial charge in [0.2, 0.25) is 0 Å². The van der Waals surface area contributed by atoms with Crippen molar-refractivity contribution >= 4 is 22.6 Å². The van der Waals surface area contributed by atoms with Crippen LogP contribution in [0.4, 0.5) is 0 Å². The Balaban J connectivity index is 1.87. The Morgan fingerprint density at radius 3 is 2.56 bits per heavy atom. The van der Waals surface area contributed by atoms with Gasteiger partial charge >= 0.3 is 5.97 Å². The highest BCUT2D eigenvalue weighted by molar-refractivity contribution is 6.02. The number of hydrogen-bond donors (Lipinski definition) is 0. The van der Waals surface area contributed by atoms with Gasteiger partial charge in [0.15, 0.2) is 11.8 Å². The second-order valence-electron chi connectivity index (χ2n) is 6.41. The number of morpholine rings is 1. The Morgan fingerprint density at radius 1 is 1.22 bits per heavy atom. The van der Waals surface area contributed by atoms with Gasteiger partial charge < -0.3 is 14.4 Å². The van der Waals surface area contributed by atoms with Crippen LogP contribution in [0.15, 0.2) is 29.1 Å². The van der Waals surface area contributed by atoms with Crippen LogP contribution in [-0.2, 0) is 20.8 Å². The molecule has 1 aliphatic rings. The van der Waals surface area contributed by atoms with Gasteiger partial charge in [0.05, 0.1) is 18.6 Å². The van der Waals surface area contributed by atoms with Crippen molar-refractivity contribution in [3.8, 4) is 0 Å². The predicted molar refractivity (Wildman–Crippen MR) is 98.6 cm³/mol. The van der Waals surface area contributed by atoms with Crippen LogP contribution in [0.25, 0.3) is 10.8 Å². The number of benzene rings is 1. The maximum absolute atomic E-state index is 12.7. The summed E-state index contributed by atoms with van der Waals surface area (Å²) >= 11 is 0. The van der Waals surface area contributed by atoms with E-state index in [1.807, 2.05) is 6.92 Å². The lowest BCUT2D eigenvalue weighted by atomic mass is 10.1. The summed E-state index contributed by atoms with van der Waals surface area (Å²) in [6.45, 7) is 5.75. The average Bonchev–Trinajstić information content (AvgIpc) is 2.70. The van der Waals surface area contributed by atoms with Crippen LogP contribution in [0.1, 0.15) is 30.8 Å². The molecule has 1 saturated heterocycles. The zero-order valence-electron chi connectivity index (χ0n) is 15.5. The molecular weight excluding hydrogens is 350 g/mol. The van der Waals surface area contributed by atoms with Crippen LogP contribution in [0.3, 0.4) is 0 Å². The first-order chi connectivity index (χ1) is 13.0. The summed E-state index contributed by atoms with van der Waals surface area (Å²) in [6.07, 6.45) is -0.242. The predicted octanol–water partition coefficient (Wildman–Crippen LogP) is 1.21. The number of carbonyl (C=O) groups is 2. The van der Waals surface area contributed by atoms with Gasteiger partial charge in [-0.1, -0.05) is 25.1 Å². The van der Waals surface area contributed by atoms with Crippen molar-refractivity contribution in [1.29, 1.82) is 0 Å². The smallest absolute Gasteiger partial charge is 0.360 e. The Kier molecular flexibility index (Phi) is 5.85. The van der Waals surface area contributed by atoms with E-state index in [0.29, 0.717) is 50.0 Å². The molecule has 0 N–H and O–H groups in total. The normalized spacial score (nSPS) is 15.6. The number of fused-ring (bicyclic) bond motifs is 1. The highest BCUT2D eigenvalue weighted by atomic mass is 16.5. The van der Waals surface area contributed by atoms with E-state index >= 15 is 0 Å². The molecule has 2 aromatic rings. The van der Waals surface area contributed by atoms with Crippen LogP contribution in [0.5, 0.6) is 0 Å². The molecule has 0 aliphatic carbocycles. The average molecular weight is 373 g/mol. The topological polar surface area (TPSA) is 90.7 Å². The largest absolute Gasteiger partial charge is 0.448 e. The summed E-state index contributed by atoms with van der Waals surface area (Å²) < 4.78 is 11.9. The van der Waals surface area contributed by atoms with Crippen molar-refractivity contribution in [1.82, 2.24) is 14.7 Å². The first-order valence-electron chi connectivity index (χ1n) is 9.10. The van der Waals surface area contributed by atoms with Gasteiger partial charge in [-0.15, -0.1) is 0 Å². The molecule has 1 atom stereocenters. The third-order valence-corrected chi connectivity index (χ3v) is 4.45. The fourth-order valence-electron chi connectivity index (χ4n) is 3.06. The van der Waals surface area contributed by atoms with Crippen molar-refractivity contribution in [2.24, 2.45) is 0 Å². The summed E-state index contributed by atoms with van der Waals surface area (Å²) in [6, 6.07) is 6.78. The molecular formula is C19H23N3O5. The van der Waals surface area contributed by atoms with Gasteiger partial charge in [-0.2, -0.15) is 5.10 Å². The van der Waals surface area contributed by atoms with Crippen molar-refractivity contribution in [3.05, 3.63) is 40.3 Å². The summed E-state index contributed by atoms with van der Waals surface area (Å²) in [5.41, 5.74) is -0.207. The number of amides is 1. The van der Waals surface area contributed by atoms with E-state index in [-0.39, 0.29) is 17.2 Å². The van der Waals surface area contributed by atoms with Crippen LogP contribution in [0, 0.1) is 0 Å². The lowest BCUT2D eigenvalue weighted by Gasteiger charge is -2.28. The molecule has 1 fully saturated rings. The van der Waals surface area contributed by atoms with E-state index in [1.165, 1.54) is 4.68 Å². The van der Waals surface area contributed by atoms with E-state index in [4.69, 9.17) is 9.47 Å². The summed E-state index contributed by atoms with van der Waals surface area (Å²) in [7, 11) is 0. The Morgan fingerprint density at radius 2 is 1.89 bits per heavy atom. The molecule has 144 valence electrons. The van der Waals surface area contributed by atoms with Crippen molar-refractivity contribution in [2.45, 2.75) is 32.9 Å². The number of aryl methyl sites for hydroxylation is 1. The third-order valence-electron chi connectivity index (χ3n) is 4.45. The number of aromatic nitrogens is 2. The van der Waals surface area contributed by atoms with E-state index in [2.05, 4.69) is 5.10 Å². The second kappa shape index (κ2) is 8.30. The highest BCUT2D eigenvalue weighted by Crippen LogP contribution is 2.16. The zero-order valence-corrected chi connectivity index (χ0v) is 15.5. The first-order valence-corrected chi connectivity index (χ1v) is 9.10. The maximum Gasteiger partial charge on any atom is 0.360 e. The molecule has 0 bridgehead atoms. The number of rotatable bonds is 5. The molecule has 27 heavy (non-hydrogen) atoms. The Labute approximate surface area is 156 Å².